The summed E-state index contributed by atoms with van der Waals surface area (Å²) in [6.45, 7) is 2.34. The smallest absolute Gasteiger partial charge is 0.237 e. The first kappa shape index (κ1) is 16.3. The molecule has 0 saturated heterocycles. The fourth-order valence-electron chi connectivity index (χ4n) is 1.24. The molecule has 0 aromatic heterocycles. The molecule has 2 unspecified atom stereocenters. The predicted octanol–water partition coefficient (Wildman–Crippen LogP) is -0.710. The summed E-state index contributed by atoms with van der Waals surface area (Å²) in [5.74, 6) is -0.416. The molecule has 6 nitrogen and oxygen atoms in total. The zero-order valence-corrected chi connectivity index (χ0v) is 11.4. The number of carbonyl (C=O) groups is 1. The van der Waals surface area contributed by atoms with Crippen LogP contribution in [0.15, 0.2) is 0 Å². The van der Waals surface area contributed by atoms with Crippen LogP contribution in [0.4, 0.5) is 0 Å². The van der Waals surface area contributed by atoms with E-state index in [2.05, 4.69) is 5.32 Å². The molecule has 0 heterocycles. The van der Waals surface area contributed by atoms with Gasteiger partial charge >= 0.3 is 0 Å². The first-order valence-corrected chi connectivity index (χ1v) is 7.58. The molecule has 0 rings (SSSR count). The number of sulfone groups is 1. The van der Waals surface area contributed by atoms with Crippen molar-refractivity contribution in [2.75, 3.05) is 25.7 Å². The van der Waals surface area contributed by atoms with Crippen LogP contribution in [0.5, 0.6) is 0 Å². The quantitative estimate of drug-likeness (QED) is 0.604. The number of amides is 1. The molecule has 0 bridgehead atoms. The van der Waals surface area contributed by atoms with Crippen LogP contribution in [0.3, 0.4) is 0 Å². The summed E-state index contributed by atoms with van der Waals surface area (Å²) < 4.78 is 26.8. The van der Waals surface area contributed by atoms with E-state index in [1.54, 1.807) is 7.11 Å². The Balaban J connectivity index is 4.12. The van der Waals surface area contributed by atoms with Gasteiger partial charge in [0.2, 0.25) is 5.91 Å². The summed E-state index contributed by atoms with van der Waals surface area (Å²) in [6, 6.07) is -0.882. The SMILES string of the molecule is CCC(COC)NC(=O)C(N)CCS(C)(=O)=O. The van der Waals surface area contributed by atoms with E-state index in [9.17, 15) is 13.2 Å². The Kier molecular flexibility index (Phi) is 7.33. The highest BCUT2D eigenvalue weighted by atomic mass is 32.2. The van der Waals surface area contributed by atoms with Crippen molar-refractivity contribution in [3.05, 3.63) is 0 Å². The minimum atomic E-state index is -3.08. The van der Waals surface area contributed by atoms with Crippen molar-refractivity contribution in [3.8, 4) is 0 Å². The maximum absolute atomic E-state index is 11.6. The normalized spacial score (nSPS) is 15.3. The Morgan fingerprint density at radius 1 is 1.47 bits per heavy atom. The molecule has 0 fully saturated rings. The van der Waals surface area contributed by atoms with Crippen LogP contribution in [-0.4, -0.2) is 52.1 Å². The summed E-state index contributed by atoms with van der Waals surface area (Å²) in [6.07, 6.45) is 1.99. The van der Waals surface area contributed by atoms with Crippen LogP contribution in [0.1, 0.15) is 19.8 Å². The maximum Gasteiger partial charge on any atom is 0.237 e. The van der Waals surface area contributed by atoms with Crippen molar-refractivity contribution >= 4 is 15.7 Å². The van der Waals surface area contributed by atoms with E-state index in [1.807, 2.05) is 6.92 Å². The molecule has 17 heavy (non-hydrogen) atoms. The lowest BCUT2D eigenvalue weighted by Crippen LogP contribution is -2.47. The summed E-state index contributed by atoms with van der Waals surface area (Å²) in [5, 5.41) is 2.72. The predicted molar refractivity (Wildman–Crippen MR) is 66.4 cm³/mol. The highest BCUT2D eigenvalue weighted by molar-refractivity contribution is 7.90. The number of rotatable bonds is 8. The van der Waals surface area contributed by atoms with Gasteiger partial charge < -0.3 is 15.8 Å². The van der Waals surface area contributed by atoms with Crippen molar-refractivity contribution in [1.82, 2.24) is 5.32 Å². The summed E-state index contributed by atoms with van der Waals surface area (Å²) in [7, 11) is -1.53. The second kappa shape index (κ2) is 7.62. The Morgan fingerprint density at radius 2 is 2.06 bits per heavy atom. The molecule has 0 radical (unpaired) electrons. The zero-order chi connectivity index (χ0) is 13.5. The van der Waals surface area contributed by atoms with Gasteiger partial charge in [-0.3, -0.25) is 4.79 Å². The standard InChI is InChI=1S/C10H22N2O4S/c1-4-8(7-16-2)12-10(13)9(11)5-6-17(3,14)15/h8-9H,4-7,11H2,1-3H3,(H,12,13). The molecular weight excluding hydrogens is 244 g/mol. The Hall–Kier alpha value is -0.660. The molecule has 2 atom stereocenters. The molecule has 0 aromatic rings. The average Bonchev–Trinajstić information content (AvgIpc) is 2.23. The number of hydrogen-bond acceptors (Lipinski definition) is 5. The Labute approximate surface area is 103 Å². The third-order valence-corrected chi connectivity index (χ3v) is 3.32. The van der Waals surface area contributed by atoms with Crippen molar-refractivity contribution in [1.29, 1.82) is 0 Å². The molecule has 0 spiro atoms. The molecule has 1 amide bonds. The highest BCUT2D eigenvalue weighted by Gasteiger charge is 2.18. The fourth-order valence-corrected chi connectivity index (χ4v) is 1.93. The maximum atomic E-state index is 11.6. The molecule has 0 saturated carbocycles. The second-order valence-electron chi connectivity index (χ2n) is 4.09. The molecule has 102 valence electrons. The van der Waals surface area contributed by atoms with E-state index in [-0.39, 0.29) is 24.1 Å². The van der Waals surface area contributed by atoms with Gasteiger partial charge in [-0.05, 0) is 12.8 Å². The molecule has 7 heteroatoms. The van der Waals surface area contributed by atoms with Gasteiger partial charge in [-0.2, -0.15) is 0 Å². The minimum absolute atomic E-state index is 0.0807. The van der Waals surface area contributed by atoms with Crippen LogP contribution in [-0.2, 0) is 19.4 Å². The Morgan fingerprint density at radius 3 is 2.47 bits per heavy atom. The van der Waals surface area contributed by atoms with Gasteiger partial charge in [-0.1, -0.05) is 6.92 Å². The van der Waals surface area contributed by atoms with E-state index in [1.165, 1.54) is 0 Å². The van der Waals surface area contributed by atoms with E-state index >= 15 is 0 Å². The van der Waals surface area contributed by atoms with E-state index in [4.69, 9.17) is 10.5 Å². The van der Waals surface area contributed by atoms with Gasteiger partial charge in [0.05, 0.1) is 24.4 Å². The van der Waals surface area contributed by atoms with Crippen LogP contribution < -0.4 is 11.1 Å². The lowest BCUT2D eigenvalue weighted by atomic mass is 10.2. The second-order valence-corrected chi connectivity index (χ2v) is 6.35. The number of carbonyl (C=O) groups excluding carboxylic acids is 1. The van der Waals surface area contributed by atoms with E-state index in [0.717, 1.165) is 12.7 Å². The third kappa shape index (κ3) is 8.12. The zero-order valence-electron chi connectivity index (χ0n) is 10.6. The number of nitrogens with two attached hydrogens (primary N) is 1. The molecular formula is C10H22N2O4S. The average molecular weight is 266 g/mol. The first-order valence-electron chi connectivity index (χ1n) is 5.52. The molecule has 3 N–H and O–H groups in total. The number of ether oxygens (including phenoxy) is 1. The lowest BCUT2D eigenvalue weighted by molar-refractivity contribution is -0.123. The van der Waals surface area contributed by atoms with E-state index < -0.39 is 15.9 Å². The topological polar surface area (TPSA) is 98.5 Å². The minimum Gasteiger partial charge on any atom is -0.383 e. The molecule has 0 aliphatic rings. The monoisotopic (exact) mass is 266 g/mol. The number of hydrogen-bond donors (Lipinski definition) is 2. The summed E-state index contributed by atoms with van der Waals surface area (Å²) in [5.41, 5.74) is 5.61. The van der Waals surface area contributed by atoms with Gasteiger partial charge in [-0.15, -0.1) is 0 Å². The van der Waals surface area contributed by atoms with Crippen molar-refractivity contribution < 1.29 is 17.9 Å². The molecule has 0 aromatic carbocycles. The Bertz CT molecular complexity index is 329. The van der Waals surface area contributed by atoms with Gasteiger partial charge in [0, 0.05) is 13.4 Å². The summed E-state index contributed by atoms with van der Waals surface area (Å²) >= 11 is 0. The third-order valence-electron chi connectivity index (χ3n) is 2.34. The largest absolute Gasteiger partial charge is 0.383 e. The lowest BCUT2D eigenvalue weighted by Gasteiger charge is -2.18. The number of nitrogens with one attached hydrogen (secondary N) is 1. The van der Waals surface area contributed by atoms with Gasteiger partial charge in [-0.25, -0.2) is 8.42 Å². The van der Waals surface area contributed by atoms with Gasteiger partial charge in [0.15, 0.2) is 0 Å². The van der Waals surface area contributed by atoms with Crippen molar-refractivity contribution in [2.24, 2.45) is 5.73 Å². The van der Waals surface area contributed by atoms with Crippen molar-refractivity contribution in [2.45, 2.75) is 31.8 Å². The van der Waals surface area contributed by atoms with Crippen LogP contribution in [0, 0.1) is 0 Å². The van der Waals surface area contributed by atoms with E-state index in [0.29, 0.717) is 6.61 Å². The number of methoxy groups -OCH3 is 1. The van der Waals surface area contributed by atoms with Crippen LogP contribution >= 0.6 is 0 Å². The van der Waals surface area contributed by atoms with Gasteiger partial charge in [0.25, 0.3) is 0 Å². The van der Waals surface area contributed by atoms with Crippen LogP contribution in [0.2, 0.25) is 0 Å². The van der Waals surface area contributed by atoms with Gasteiger partial charge in [0.1, 0.15) is 9.84 Å². The molecule has 0 aliphatic carbocycles. The molecule has 0 aliphatic heterocycles. The van der Waals surface area contributed by atoms with Crippen molar-refractivity contribution in [3.63, 3.8) is 0 Å². The van der Waals surface area contributed by atoms with Crippen LogP contribution in [0.25, 0.3) is 0 Å². The first-order chi connectivity index (χ1) is 7.80. The fraction of sp³-hybridized carbons (Fsp3) is 0.900. The summed E-state index contributed by atoms with van der Waals surface area (Å²) in [4.78, 5) is 11.6. The highest BCUT2D eigenvalue weighted by Crippen LogP contribution is 1.97.